The summed E-state index contributed by atoms with van der Waals surface area (Å²) in [6.45, 7) is 1.44. The molecular formula is C30H27ClN2O2. The molecule has 0 bridgehead atoms. The summed E-state index contributed by atoms with van der Waals surface area (Å²) >= 11 is 6.78. The lowest BCUT2D eigenvalue weighted by atomic mass is 9.89. The van der Waals surface area contributed by atoms with E-state index < -0.39 is 0 Å². The second-order valence-corrected chi connectivity index (χ2v) is 9.19. The number of fused-ring (bicyclic) bond motifs is 1. The second-order valence-electron chi connectivity index (χ2n) is 8.81. The maximum absolute atomic E-state index is 13.3. The number of methoxy groups -OCH3 is 1. The highest BCUT2D eigenvalue weighted by atomic mass is 35.5. The zero-order chi connectivity index (χ0) is 24.2. The Hall–Kier alpha value is -3.63. The summed E-state index contributed by atoms with van der Waals surface area (Å²) in [6, 6.07) is 24.3. The van der Waals surface area contributed by atoms with Crippen molar-refractivity contribution in [1.29, 1.82) is 0 Å². The molecule has 0 atom stereocenters. The zero-order valence-corrected chi connectivity index (χ0v) is 20.4. The fraction of sp³-hybridized carbons (Fsp3) is 0.200. The van der Waals surface area contributed by atoms with Crippen LogP contribution in [0.3, 0.4) is 0 Å². The molecule has 0 aliphatic carbocycles. The zero-order valence-electron chi connectivity index (χ0n) is 19.7. The van der Waals surface area contributed by atoms with Crippen LogP contribution in [0.5, 0.6) is 5.75 Å². The fourth-order valence-electron chi connectivity index (χ4n) is 4.71. The van der Waals surface area contributed by atoms with Crippen LogP contribution in [0.4, 0.5) is 0 Å². The van der Waals surface area contributed by atoms with Gasteiger partial charge in [0.25, 0.3) is 5.91 Å². The van der Waals surface area contributed by atoms with E-state index in [-0.39, 0.29) is 5.91 Å². The van der Waals surface area contributed by atoms with Crippen LogP contribution >= 0.6 is 11.6 Å². The van der Waals surface area contributed by atoms with Gasteiger partial charge in [-0.05, 0) is 42.0 Å². The van der Waals surface area contributed by atoms with E-state index >= 15 is 0 Å². The van der Waals surface area contributed by atoms with E-state index in [1.165, 1.54) is 5.56 Å². The number of carbonyl (C=O) groups is 1. The summed E-state index contributed by atoms with van der Waals surface area (Å²) in [5.74, 6) is 1.27. The molecule has 1 amide bonds. The molecule has 1 aromatic heterocycles. The number of likely N-dealkylation sites (tertiary alicyclic amines) is 1. The fourth-order valence-corrected chi connectivity index (χ4v) is 4.99. The van der Waals surface area contributed by atoms with E-state index in [2.05, 4.69) is 29.2 Å². The Bertz CT molecular complexity index is 1360. The Balaban J connectivity index is 1.35. The Morgan fingerprint density at radius 1 is 0.971 bits per heavy atom. The number of pyridine rings is 1. The number of piperidine rings is 1. The SMILES string of the molecule is COc1ccc(/C=C/c2cccc3c(Cl)c(C(=O)N4CCC(c5ccccc5)CC4)cnc23)cc1. The molecule has 3 aromatic carbocycles. The van der Waals surface area contributed by atoms with Crippen LogP contribution in [0, 0.1) is 0 Å². The summed E-state index contributed by atoms with van der Waals surface area (Å²) < 4.78 is 5.22. The molecule has 0 spiro atoms. The number of carbonyl (C=O) groups excluding carboxylic acids is 1. The number of halogens is 1. The molecule has 0 N–H and O–H groups in total. The third kappa shape index (κ3) is 4.94. The van der Waals surface area contributed by atoms with Gasteiger partial charge in [-0.3, -0.25) is 9.78 Å². The molecule has 5 rings (SSSR count). The van der Waals surface area contributed by atoms with Crippen LogP contribution in [0.25, 0.3) is 23.1 Å². The van der Waals surface area contributed by atoms with Gasteiger partial charge in [0.15, 0.2) is 0 Å². The molecule has 1 fully saturated rings. The Morgan fingerprint density at radius 2 is 1.71 bits per heavy atom. The highest BCUT2D eigenvalue weighted by Crippen LogP contribution is 2.32. The topological polar surface area (TPSA) is 42.4 Å². The van der Waals surface area contributed by atoms with E-state index in [1.54, 1.807) is 13.3 Å². The van der Waals surface area contributed by atoms with Crippen LogP contribution in [0.2, 0.25) is 5.02 Å². The number of para-hydroxylation sites is 1. The smallest absolute Gasteiger partial charge is 0.256 e. The first-order valence-corrected chi connectivity index (χ1v) is 12.3. The maximum atomic E-state index is 13.3. The number of hydrogen-bond acceptors (Lipinski definition) is 3. The second kappa shape index (κ2) is 10.3. The molecule has 0 radical (unpaired) electrons. The Kier molecular flexibility index (Phi) is 6.82. The lowest BCUT2D eigenvalue weighted by molar-refractivity contribution is 0.0713. The molecule has 4 nitrogen and oxygen atoms in total. The van der Waals surface area contributed by atoms with Crippen molar-refractivity contribution in [3.63, 3.8) is 0 Å². The Labute approximate surface area is 210 Å². The Morgan fingerprint density at radius 3 is 2.43 bits per heavy atom. The molecule has 1 aliphatic heterocycles. The minimum atomic E-state index is -0.0462. The van der Waals surface area contributed by atoms with Gasteiger partial charge < -0.3 is 9.64 Å². The number of amides is 1. The summed E-state index contributed by atoms with van der Waals surface area (Å²) in [5, 5.41) is 1.25. The van der Waals surface area contributed by atoms with E-state index in [9.17, 15) is 4.79 Å². The predicted molar refractivity (Wildman–Crippen MR) is 143 cm³/mol. The first-order chi connectivity index (χ1) is 17.1. The third-order valence-corrected chi connectivity index (χ3v) is 7.12. The highest BCUT2D eigenvalue weighted by Gasteiger charge is 2.26. The summed E-state index contributed by atoms with van der Waals surface area (Å²) in [6.07, 6.45) is 7.58. The summed E-state index contributed by atoms with van der Waals surface area (Å²) in [5.41, 5.74) is 4.60. The van der Waals surface area contributed by atoms with Gasteiger partial charge in [-0.15, -0.1) is 0 Å². The van der Waals surface area contributed by atoms with Crippen molar-refractivity contribution in [2.24, 2.45) is 0 Å². The van der Waals surface area contributed by atoms with Crippen molar-refractivity contribution in [2.75, 3.05) is 20.2 Å². The lowest BCUT2D eigenvalue weighted by Crippen LogP contribution is -2.38. The van der Waals surface area contributed by atoms with Crippen molar-refractivity contribution < 1.29 is 9.53 Å². The number of benzene rings is 3. The normalized spacial score (nSPS) is 14.5. The van der Waals surface area contributed by atoms with Gasteiger partial charge in [0.1, 0.15) is 5.75 Å². The maximum Gasteiger partial charge on any atom is 0.256 e. The molecule has 1 saturated heterocycles. The standard InChI is InChI=1S/C30H27ClN2O2/c1-35-25-14-11-21(12-15-25)10-13-24-8-5-9-26-28(31)27(20-32-29(24)26)30(34)33-18-16-23(17-19-33)22-6-3-2-4-7-22/h2-15,20,23H,16-19H2,1H3/b13-10+. The average Bonchev–Trinajstić information content (AvgIpc) is 2.93. The van der Waals surface area contributed by atoms with Crippen molar-refractivity contribution in [1.82, 2.24) is 9.88 Å². The van der Waals surface area contributed by atoms with Gasteiger partial charge in [-0.1, -0.05) is 84.4 Å². The molecule has 35 heavy (non-hydrogen) atoms. The average molecular weight is 483 g/mol. The number of ether oxygens (including phenoxy) is 1. The summed E-state index contributed by atoms with van der Waals surface area (Å²) in [7, 11) is 1.65. The minimum Gasteiger partial charge on any atom is -0.497 e. The molecule has 1 aliphatic rings. The molecule has 5 heteroatoms. The first-order valence-electron chi connectivity index (χ1n) is 11.9. The monoisotopic (exact) mass is 482 g/mol. The summed E-state index contributed by atoms with van der Waals surface area (Å²) in [4.78, 5) is 19.9. The lowest BCUT2D eigenvalue weighted by Gasteiger charge is -2.32. The molecule has 0 unspecified atom stereocenters. The quantitative estimate of drug-likeness (QED) is 0.285. The van der Waals surface area contributed by atoms with Crippen LogP contribution in [-0.4, -0.2) is 36.0 Å². The van der Waals surface area contributed by atoms with Crippen molar-refractivity contribution in [3.05, 3.63) is 106 Å². The molecule has 2 heterocycles. The van der Waals surface area contributed by atoms with E-state index in [4.69, 9.17) is 16.3 Å². The number of aromatic nitrogens is 1. The van der Waals surface area contributed by atoms with Gasteiger partial charge in [-0.25, -0.2) is 0 Å². The molecule has 0 saturated carbocycles. The van der Waals surface area contributed by atoms with Crippen molar-refractivity contribution in [2.45, 2.75) is 18.8 Å². The molecular weight excluding hydrogens is 456 g/mol. The molecule has 4 aromatic rings. The largest absolute Gasteiger partial charge is 0.497 e. The van der Waals surface area contributed by atoms with Gasteiger partial charge in [0.05, 0.1) is 23.2 Å². The number of nitrogens with zero attached hydrogens (tertiary/aromatic N) is 2. The van der Waals surface area contributed by atoms with Crippen LogP contribution in [0.15, 0.2) is 79.0 Å². The predicted octanol–water partition coefficient (Wildman–Crippen LogP) is 7.09. The van der Waals surface area contributed by atoms with Crippen molar-refractivity contribution in [3.8, 4) is 5.75 Å². The number of rotatable bonds is 5. The van der Waals surface area contributed by atoms with Gasteiger partial charge in [0, 0.05) is 30.2 Å². The highest BCUT2D eigenvalue weighted by molar-refractivity contribution is 6.38. The van der Waals surface area contributed by atoms with E-state index in [0.717, 1.165) is 53.7 Å². The van der Waals surface area contributed by atoms with Gasteiger partial charge in [0.2, 0.25) is 0 Å². The van der Waals surface area contributed by atoms with Gasteiger partial charge in [-0.2, -0.15) is 0 Å². The van der Waals surface area contributed by atoms with Crippen molar-refractivity contribution >= 4 is 40.6 Å². The van der Waals surface area contributed by atoms with E-state index in [1.807, 2.05) is 65.6 Å². The first kappa shape index (κ1) is 23.1. The minimum absolute atomic E-state index is 0.0462. The van der Waals surface area contributed by atoms with Crippen LogP contribution in [-0.2, 0) is 0 Å². The third-order valence-electron chi connectivity index (χ3n) is 6.72. The van der Waals surface area contributed by atoms with Gasteiger partial charge >= 0.3 is 0 Å². The molecule has 176 valence electrons. The van der Waals surface area contributed by atoms with Crippen LogP contribution < -0.4 is 4.74 Å². The number of hydrogen-bond donors (Lipinski definition) is 0. The van der Waals surface area contributed by atoms with Crippen LogP contribution in [0.1, 0.15) is 45.8 Å². The van der Waals surface area contributed by atoms with E-state index in [0.29, 0.717) is 16.5 Å².